The highest BCUT2D eigenvalue weighted by molar-refractivity contribution is 9.09. The molecule has 0 aliphatic rings. The maximum Gasteiger partial charge on any atom is 0.224 e. The molecule has 1 unspecified atom stereocenters. The predicted octanol–water partition coefficient (Wildman–Crippen LogP) is 4.34. The third-order valence-electron chi connectivity index (χ3n) is 3.45. The number of carbonyl (C=O) groups excluding carboxylic acids is 1. The maximum atomic E-state index is 13.6. The van der Waals surface area contributed by atoms with Crippen molar-refractivity contribution in [3.63, 3.8) is 0 Å². The molecule has 0 saturated heterocycles. The summed E-state index contributed by atoms with van der Waals surface area (Å²) in [5.41, 5.74) is 0.250. The Balaban J connectivity index is 2.52. The van der Waals surface area contributed by atoms with Gasteiger partial charge in [0.1, 0.15) is 5.82 Å². The molecule has 1 atom stereocenters. The second kappa shape index (κ2) is 8.63. The first-order valence-corrected chi connectivity index (χ1v) is 8.12. The Kier molecular flexibility index (Phi) is 7.52. The highest BCUT2D eigenvalue weighted by Gasteiger charge is 2.17. The van der Waals surface area contributed by atoms with Gasteiger partial charge < -0.3 is 5.32 Å². The van der Waals surface area contributed by atoms with Gasteiger partial charge in [0.2, 0.25) is 5.91 Å². The predicted molar refractivity (Wildman–Crippen MR) is 84.9 cm³/mol. The van der Waals surface area contributed by atoms with Crippen molar-refractivity contribution in [1.29, 1.82) is 0 Å². The summed E-state index contributed by atoms with van der Waals surface area (Å²) in [4.78, 5) is 12.1. The molecule has 5 heteroatoms. The molecular weight excluding hydrogens is 345 g/mol. The number of halogens is 3. The summed E-state index contributed by atoms with van der Waals surface area (Å²) in [5.74, 6) is -0.136. The van der Waals surface area contributed by atoms with E-state index in [1.165, 1.54) is 12.1 Å². The largest absolute Gasteiger partial charge is 0.355 e. The maximum absolute atomic E-state index is 13.6. The minimum Gasteiger partial charge on any atom is -0.355 e. The van der Waals surface area contributed by atoms with Crippen LogP contribution in [0.15, 0.2) is 18.2 Å². The van der Waals surface area contributed by atoms with Crippen molar-refractivity contribution in [3.8, 4) is 0 Å². The first-order valence-electron chi connectivity index (χ1n) is 6.83. The lowest BCUT2D eigenvalue weighted by molar-refractivity contribution is -0.120. The number of rotatable bonds is 7. The molecule has 1 amide bonds. The summed E-state index contributed by atoms with van der Waals surface area (Å²) < 4.78 is 13.6. The summed E-state index contributed by atoms with van der Waals surface area (Å²) in [7, 11) is 0. The molecule has 1 rings (SSSR count). The molecule has 1 N–H and O–H groups in total. The van der Waals surface area contributed by atoms with Gasteiger partial charge in [-0.2, -0.15) is 0 Å². The van der Waals surface area contributed by atoms with E-state index in [0.29, 0.717) is 12.5 Å². The quantitative estimate of drug-likeness (QED) is 0.717. The van der Waals surface area contributed by atoms with E-state index in [2.05, 4.69) is 35.1 Å². The zero-order valence-electron chi connectivity index (χ0n) is 11.8. The smallest absolute Gasteiger partial charge is 0.224 e. The van der Waals surface area contributed by atoms with Crippen LogP contribution in [0.3, 0.4) is 0 Å². The van der Waals surface area contributed by atoms with Crippen LogP contribution >= 0.6 is 27.5 Å². The average Bonchev–Trinajstić information content (AvgIpc) is 2.42. The van der Waals surface area contributed by atoms with Crippen molar-refractivity contribution in [2.45, 2.75) is 37.9 Å². The molecule has 1 aromatic rings. The normalized spacial score (nSPS) is 12.5. The summed E-state index contributed by atoms with van der Waals surface area (Å²) in [5, 5.41) is 3.11. The molecule has 20 heavy (non-hydrogen) atoms. The molecule has 0 bridgehead atoms. The summed E-state index contributed by atoms with van der Waals surface area (Å²) in [6.45, 7) is 4.80. The highest BCUT2D eigenvalue weighted by atomic mass is 79.9. The zero-order chi connectivity index (χ0) is 15.1. The van der Waals surface area contributed by atoms with Gasteiger partial charge in [-0.05, 0) is 18.1 Å². The lowest BCUT2D eigenvalue weighted by Gasteiger charge is -2.20. The summed E-state index contributed by atoms with van der Waals surface area (Å²) >= 11 is 9.50. The van der Waals surface area contributed by atoms with Gasteiger partial charge in [-0.15, -0.1) is 0 Å². The first kappa shape index (κ1) is 17.4. The number of benzene rings is 1. The van der Waals surface area contributed by atoms with Gasteiger partial charge in [-0.3, -0.25) is 4.79 Å². The molecule has 0 aliphatic carbocycles. The standard InChI is InChI=1S/C15H20BrClFNO/c1-3-10(4-2)12(16)9-19-15(20)8-11-13(17)6-5-7-14(11)18/h5-7,10,12H,3-4,8-9H2,1-2H3,(H,19,20). The Hall–Kier alpha value is -0.610. The Labute approximate surface area is 133 Å². The minimum atomic E-state index is -0.442. The molecule has 0 saturated carbocycles. The Morgan fingerprint density at radius 3 is 2.60 bits per heavy atom. The number of carbonyl (C=O) groups is 1. The molecule has 0 spiro atoms. The van der Waals surface area contributed by atoms with Gasteiger partial charge in [0.05, 0.1) is 6.42 Å². The van der Waals surface area contributed by atoms with Crippen LogP contribution in [0, 0.1) is 11.7 Å². The van der Waals surface area contributed by atoms with E-state index in [4.69, 9.17) is 11.6 Å². The lowest BCUT2D eigenvalue weighted by Crippen LogP contribution is -2.34. The van der Waals surface area contributed by atoms with Crippen LogP contribution in [0.2, 0.25) is 5.02 Å². The molecule has 1 aromatic carbocycles. The third-order valence-corrected chi connectivity index (χ3v) is 4.88. The van der Waals surface area contributed by atoms with E-state index >= 15 is 0 Å². The number of hydrogen-bond acceptors (Lipinski definition) is 1. The SMILES string of the molecule is CCC(CC)C(Br)CNC(=O)Cc1c(F)cccc1Cl. The van der Waals surface area contributed by atoms with Crippen molar-refractivity contribution in [3.05, 3.63) is 34.6 Å². The molecule has 0 aliphatic heterocycles. The highest BCUT2D eigenvalue weighted by Crippen LogP contribution is 2.21. The summed E-state index contributed by atoms with van der Waals surface area (Å²) in [6.07, 6.45) is 2.08. The number of alkyl halides is 1. The zero-order valence-corrected chi connectivity index (χ0v) is 14.1. The van der Waals surface area contributed by atoms with Gasteiger partial charge in [-0.25, -0.2) is 4.39 Å². The minimum absolute atomic E-state index is 0.0336. The van der Waals surface area contributed by atoms with Gasteiger partial charge in [0.25, 0.3) is 0 Å². The topological polar surface area (TPSA) is 29.1 Å². The van der Waals surface area contributed by atoms with E-state index in [1.807, 2.05) is 0 Å². The third kappa shape index (κ3) is 5.06. The van der Waals surface area contributed by atoms with E-state index in [0.717, 1.165) is 12.8 Å². The fourth-order valence-corrected chi connectivity index (χ4v) is 3.24. The van der Waals surface area contributed by atoms with Crippen molar-refractivity contribution in [2.75, 3.05) is 6.54 Å². The lowest BCUT2D eigenvalue weighted by atomic mass is 9.99. The number of hydrogen-bond donors (Lipinski definition) is 1. The van der Waals surface area contributed by atoms with Crippen molar-refractivity contribution >= 4 is 33.4 Å². The number of amides is 1. The molecule has 0 heterocycles. The van der Waals surface area contributed by atoms with Crippen LogP contribution in [0.5, 0.6) is 0 Å². The Morgan fingerprint density at radius 2 is 2.05 bits per heavy atom. The number of nitrogens with one attached hydrogen (secondary N) is 1. The van der Waals surface area contributed by atoms with Crippen LogP contribution in [0.25, 0.3) is 0 Å². The molecule has 112 valence electrons. The van der Waals surface area contributed by atoms with Gasteiger partial charge in [0, 0.05) is 22.0 Å². The molecule has 0 aromatic heterocycles. The Morgan fingerprint density at radius 1 is 1.40 bits per heavy atom. The van der Waals surface area contributed by atoms with Crippen molar-refractivity contribution < 1.29 is 9.18 Å². The van der Waals surface area contributed by atoms with Crippen molar-refractivity contribution in [2.24, 2.45) is 5.92 Å². The van der Waals surface area contributed by atoms with Crippen LogP contribution in [0.1, 0.15) is 32.3 Å². The van der Waals surface area contributed by atoms with E-state index in [-0.39, 0.29) is 27.7 Å². The average molecular weight is 365 g/mol. The van der Waals surface area contributed by atoms with Gasteiger partial charge >= 0.3 is 0 Å². The van der Waals surface area contributed by atoms with E-state index in [1.54, 1.807) is 6.07 Å². The fraction of sp³-hybridized carbons (Fsp3) is 0.533. The van der Waals surface area contributed by atoms with Crippen molar-refractivity contribution in [1.82, 2.24) is 5.32 Å². The molecular formula is C15H20BrClFNO. The monoisotopic (exact) mass is 363 g/mol. The van der Waals surface area contributed by atoms with Crippen LogP contribution in [-0.2, 0) is 11.2 Å². The van der Waals surface area contributed by atoms with Crippen LogP contribution < -0.4 is 5.32 Å². The molecule has 0 radical (unpaired) electrons. The second-order valence-electron chi connectivity index (χ2n) is 4.77. The van der Waals surface area contributed by atoms with Gasteiger partial charge in [-0.1, -0.05) is 60.3 Å². The first-order chi connectivity index (χ1) is 9.49. The fourth-order valence-electron chi connectivity index (χ4n) is 2.10. The summed E-state index contributed by atoms with van der Waals surface area (Å²) in [6, 6.07) is 4.43. The van der Waals surface area contributed by atoms with Crippen LogP contribution in [0.4, 0.5) is 4.39 Å². The van der Waals surface area contributed by atoms with E-state index in [9.17, 15) is 9.18 Å². The van der Waals surface area contributed by atoms with Crippen LogP contribution in [-0.4, -0.2) is 17.3 Å². The van der Waals surface area contributed by atoms with Gasteiger partial charge in [0.15, 0.2) is 0 Å². The Bertz CT molecular complexity index is 431. The molecule has 2 nitrogen and oxygen atoms in total. The van der Waals surface area contributed by atoms with E-state index < -0.39 is 5.82 Å². The molecule has 0 fully saturated rings. The second-order valence-corrected chi connectivity index (χ2v) is 6.36.